The predicted molar refractivity (Wildman–Crippen MR) is 92.2 cm³/mol. The first kappa shape index (κ1) is 16.2. The van der Waals surface area contributed by atoms with Crippen LogP contribution < -0.4 is 5.32 Å². The zero-order valence-corrected chi connectivity index (χ0v) is 14.0. The fraction of sp³-hybridized carbons (Fsp3) is 0.235. The van der Waals surface area contributed by atoms with Crippen molar-refractivity contribution in [2.45, 2.75) is 19.8 Å². The molecule has 0 saturated carbocycles. The molecule has 3 rings (SSSR count). The summed E-state index contributed by atoms with van der Waals surface area (Å²) in [7, 11) is 0. The molecule has 0 aliphatic carbocycles. The number of carbonyl (C=O) groups excluding carboxylic acids is 1. The van der Waals surface area contributed by atoms with Gasteiger partial charge in [-0.05, 0) is 6.92 Å². The monoisotopic (exact) mass is 343 g/mol. The molecule has 0 fully saturated rings. The second-order valence-electron chi connectivity index (χ2n) is 5.54. The minimum Gasteiger partial charge on any atom is -0.481 e. The highest BCUT2D eigenvalue weighted by Gasteiger charge is 2.12. The van der Waals surface area contributed by atoms with E-state index < -0.39 is 5.97 Å². The molecule has 7 heteroatoms. The van der Waals surface area contributed by atoms with E-state index in [1.165, 1.54) is 16.9 Å². The normalized spacial score (nSPS) is 10.9. The molecule has 0 aliphatic rings. The Labute approximate surface area is 142 Å². The van der Waals surface area contributed by atoms with Crippen molar-refractivity contribution in [3.05, 3.63) is 47.1 Å². The number of carbonyl (C=O) groups is 2. The van der Waals surface area contributed by atoms with Gasteiger partial charge in [0.1, 0.15) is 0 Å². The van der Waals surface area contributed by atoms with Gasteiger partial charge in [-0.15, -0.1) is 11.3 Å². The van der Waals surface area contributed by atoms with Crippen LogP contribution in [0.1, 0.15) is 17.7 Å². The van der Waals surface area contributed by atoms with Gasteiger partial charge >= 0.3 is 5.97 Å². The molecule has 0 spiro atoms. The molecular formula is C17H17N3O3S. The van der Waals surface area contributed by atoms with E-state index in [0.717, 1.165) is 21.9 Å². The highest BCUT2D eigenvalue weighted by molar-refractivity contribution is 7.15. The summed E-state index contributed by atoms with van der Waals surface area (Å²) in [5.41, 5.74) is 3.94. The number of fused-ring (bicyclic) bond motifs is 1. The van der Waals surface area contributed by atoms with Crippen molar-refractivity contribution in [2.24, 2.45) is 0 Å². The lowest BCUT2D eigenvalue weighted by molar-refractivity contribution is -0.136. The smallest absolute Gasteiger partial charge is 0.305 e. The minimum absolute atomic E-state index is 0.0760. The molecule has 2 N–H and O–H groups in total. The number of aliphatic carboxylic acids is 1. The average molecular weight is 343 g/mol. The zero-order chi connectivity index (χ0) is 17.1. The van der Waals surface area contributed by atoms with Crippen LogP contribution in [0.15, 0.2) is 35.8 Å². The van der Waals surface area contributed by atoms with Crippen LogP contribution in [-0.4, -0.2) is 32.9 Å². The fourth-order valence-electron chi connectivity index (χ4n) is 2.36. The zero-order valence-electron chi connectivity index (χ0n) is 13.2. The molecule has 0 atom stereocenters. The number of thiazole rings is 1. The van der Waals surface area contributed by atoms with Gasteiger partial charge in [-0.2, -0.15) is 0 Å². The van der Waals surface area contributed by atoms with Crippen LogP contribution in [0.4, 0.5) is 0 Å². The van der Waals surface area contributed by atoms with Gasteiger partial charge in [0, 0.05) is 29.4 Å². The topological polar surface area (TPSA) is 83.7 Å². The minimum atomic E-state index is -0.925. The van der Waals surface area contributed by atoms with Gasteiger partial charge in [-0.25, -0.2) is 4.98 Å². The molecule has 1 aromatic carbocycles. The van der Waals surface area contributed by atoms with Gasteiger partial charge in [0.15, 0.2) is 4.96 Å². The van der Waals surface area contributed by atoms with E-state index >= 15 is 0 Å². The first-order chi connectivity index (χ1) is 11.5. The Hall–Kier alpha value is -2.67. The van der Waals surface area contributed by atoms with Crippen LogP contribution in [-0.2, 0) is 16.0 Å². The molecule has 6 nitrogen and oxygen atoms in total. The quantitative estimate of drug-likeness (QED) is 0.720. The number of nitrogens with zero attached hydrogens (tertiary/aromatic N) is 2. The van der Waals surface area contributed by atoms with Crippen molar-refractivity contribution < 1.29 is 14.7 Å². The third kappa shape index (κ3) is 3.62. The summed E-state index contributed by atoms with van der Waals surface area (Å²) in [5.74, 6) is -1.12. The van der Waals surface area contributed by atoms with E-state index in [0.29, 0.717) is 0 Å². The number of hydrogen-bond acceptors (Lipinski definition) is 4. The van der Waals surface area contributed by atoms with E-state index in [2.05, 4.69) is 10.3 Å². The van der Waals surface area contributed by atoms with Crippen molar-refractivity contribution in [1.82, 2.24) is 14.7 Å². The van der Waals surface area contributed by atoms with Gasteiger partial charge in [-0.1, -0.05) is 29.8 Å². The fourth-order valence-corrected chi connectivity index (χ4v) is 3.23. The molecule has 3 aromatic rings. The molecule has 0 saturated heterocycles. The molecule has 0 bridgehead atoms. The average Bonchev–Trinajstić information content (AvgIpc) is 3.10. The van der Waals surface area contributed by atoms with Crippen LogP contribution in [0, 0.1) is 6.92 Å². The van der Waals surface area contributed by atoms with Crippen molar-refractivity contribution in [2.75, 3.05) is 6.54 Å². The number of aryl methyl sites for hydroxylation is 1. The molecule has 0 radical (unpaired) electrons. The summed E-state index contributed by atoms with van der Waals surface area (Å²) in [5, 5.41) is 13.1. The Morgan fingerprint density at radius 2 is 2.04 bits per heavy atom. The van der Waals surface area contributed by atoms with Gasteiger partial charge in [0.2, 0.25) is 5.91 Å². The predicted octanol–water partition coefficient (Wildman–Crippen LogP) is 2.50. The first-order valence-corrected chi connectivity index (χ1v) is 8.42. The summed E-state index contributed by atoms with van der Waals surface area (Å²) in [4.78, 5) is 27.8. The lowest BCUT2D eigenvalue weighted by Gasteiger charge is -2.02. The Bertz CT molecular complexity index is 880. The van der Waals surface area contributed by atoms with Crippen LogP contribution >= 0.6 is 11.3 Å². The number of amides is 1. The lowest BCUT2D eigenvalue weighted by atomic mass is 10.1. The summed E-state index contributed by atoms with van der Waals surface area (Å²) >= 11 is 1.48. The van der Waals surface area contributed by atoms with Gasteiger partial charge in [-0.3, -0.25) is 14.0 Å². The maximum absolute atomic E-state index is 11.9. The number of aromatic nitrogens is 2. The second kappa shape index (κ2) is 6.84. The number of imidazole rings is 1. The maximum atomic E-state index is 11.9. The molecule has 2 aromatic heterocycles. The molecule has 124 valence electrons. The Kier molecular flexibility index (Phi) is 4.61. The molecule has 24 heavy (non-hydrogen) atoms. The highest BCUT2D eigenvalue weighted by Crippen LogP contribution is 2.24. The Morgan fingerprint density at radius 1 is 1.29 bits per heavy atom. The third-order valence-electron chi connectivity index (χ3n) is 3.63. The van der Waals surface area contributed by atoms with E-state index in [-0.39, 0.29) is 25.3 Å². The number of nitrogens with one attached hydrogen (secondary N) is 1. The van der Waals surface area contributed by atoms with E-state index in [1.807, 2.05) is 47.2 Å². The van der Waals surface area contributed by atoms with Crippen molar-refractivity contribution in [3.63, 3.8) is 0 Å². The van der Waals surface area contributed by atoms with Crippen LogP contribution in [0.3, 0.4) is 0 Å². The maximum Gasteiger partial charge on any atom is 0.305 e. The molecule has 2 heterocycles. The summed E-state index contributed by atoms with van der Waals surface area (Å²) in [6.07, 6.45) is 2.05. The Balaban J connectivity index is 1.74. The number of hydrogen-bond donors (Lipinski definition) is 2. The van der Waals surface area contributed by atoms with E-state index in [9.17, 15) is 9.59 Å². The number of rotatable bonds is 6. The summed E-state index contributed by atoms with van der Waals surface area (Å²) in [6.45, 7) is 2.18. The van der Waals surface area contributed by atoms with Gasteiger partial charge in [0.25, 0.3) is 0 Å². The SMILES string of the molecule is Cc1ccc(-c2cn3c(CC(=O)NCCC(=O)O)csc3n2)cc1. The molecule has 1 amide bonds. The first-order valence-electron chi connectivity index (χ1n) is 7.54. The van der Waals surface area contributed by atoms with Crippen molar-refractivity contribution >= 4 is 28.2 Å². The van der Waals surface area contributed by atoms with Crippen LogP contribution in [0.5, 0.6) is 0 Å². The van der Waals surface area contributed by atoms with Gasteiger partial charge < -0.3 is 10.4 Å². The lowest BCUT2D eigenvalue weighted by Crippen LogP contribution is -2.27. The molecular weight excluding hydrogens is 326 g/mol. The van der Waals surface area contributed by atoms with Gasteiger partial charge in [0.05, 0.1) is 18.5 Å². The Morgan fingerprint density at radius 3 is 2.75 bits per heavy atom. The molecule has 0 aliphatic heterocycles. The second-order valence-corrected chi connectivity index (χ2v) is 6.38. The largest absolute Gasteiger partial charge is 0.481 e. The van der Waals surface area contributed by atoms with E-state index in [1.54, 1.807) is 0 Å². The summed E-state index contributed by atoms with van der Waals surface area (Å²) < 4.78 is 1.91. The van der Waals surface area contributed by atoms with E-state index in [4.69, 9.17) is 5.11 Å². The van der Waals surface area contributed by atoms with Crippen LogP contribution in [0.2, 0.25) is 0 Å². The number of benzene rings is 1. The number of carboxylic acid groups (broad SMARTS) is 1. The molecule has 0 unspecified atom stereocenters. The van der Waals surface area contributed by atoms with Crippen molar-refractivity contribution in [3.8, 4) is 11.3 Å². The highest BCUT2D eigenvalue weighted by atomic mass is 32.1. The summed E-state index contributed by atoms with van der Waals surface area (Å²) in [6, 6.07) is 8.14. The number of carboxylic acids is 1. The third-order valence-corrected chi connectivity index (χ3v) is 4.52. The van der Waals surface area contributed by atoms with Crippen molar-refractivity contribution in [1.29, 1.82) is 0 Å². The standard InChI is InChI=1S/C17H17N3O3S/c1-11-2-4-12(5-3-11)14-9-20-13(10-24-17(20)19-14)8-15(21)18-7-6-16(22)23/h2-5,9-10H,6-8H2,1H3,(H,18,21)(H,22,23). The van der Waals surface area contributed by atoms with Crippen LogP contribution in [0.25, 0.3) is 16.2 Å².